The van der Waals surface area contributed by atoms with Crippen molar-refractivity contribution in [1.29, 1.82) is 0 Å². The van der Waals surface area contributed by atoms with Gasteiger partial charge in [0.05, 0.1) is 24.3 Å². The van der Waals surface area contributed by atoms with Gasteiger partial charge in [-0.25, -0.2) is 4.99 Å². The van der Waals surface area contributed by atoms with Gasteiger partial charge in [-0.2, -0.15) is 13.2 Å². The summed E-state index contributed by atoms with van der Waals surface area (Å²) < 4.78 is 45.0. The van der Waals surface area contributed by atoms with Gasteiger partial charge in [-0.15, -0.1) is 0 Å². The molecule has 1 atom stereocenters. The minimum absolute atomic E-state index is 0.0407. The largest absolute Gasteiger partial charge is 0.481 e. The van der Waals surface area contributed by atoms with Gasteiger partial charge in [-0.05, 0) is 48.6 Å². The molecule has 1 aliphatic heterocycles. The number of carbonyl (C=O) groups is 2. The van der Waals surface area contributed by atoms with Crippen molar-refractivity contribution >= 4 is 23.5 Å². The van der Waals surface area contributed by atoms with E-state index < -0.39 is 30.4 Å². The number of nitrogens with one attached hydrogen (secondary N) is 1. The molecule has 0 aromatic heterocycles. The molecule has 6 nitrogen and oxygen atoms in total. The van der Waals surface area contributed by atoms with Gasteiger partial charge in [0.1, 0.15) is 0 Å². The van der Waals surface area contributed by atoms with Crippen molar-refractivity contribution in [2.45, 2.75) is 64.0 Å². The first-order chi connectivity index (χ1) is 17.2. The number of aliphatic imine (C=N–C) groups is 1. The van der Waals surface area contributed by atoms with E-state index in [0.29, 0.717) is 36.5 Å². The van der Waals surface area contributed by atoms with Crippen LogP contribution in [0.25, 0.3) is 0 Å². The number of nitrogens with zero attached hydrogens (tertiary/aromatic N) is 1. The predicted octanol–water partition coefficient (Wildman–Crippen LogP) is 5.76. The van der Waals surface area contributed by atoms with Gasteiger partial charge in [-0.1, -0.05) is 37.6 Å². The zero-order chi connectivity index (χ0) is 26.1. The van der Waals surface area contributed by atoms with Crippen molar-refractivity contribution < 1.29 is 32.6 Å². The maximum absolute atomic E-state index is 13.1. The highest BCUT2D eigenvalue weighted by atomic mass is 19.4. The molecule has 2 aromatic rings. The number of carboxylic acids is 1. The number of benzene rings is 1. The lowest BCUT2D eigenvalue weighted by atomic mass is 9.86. The summed E-state index contributed by atoms with van der Waals surface area (Å²) in [6.07, 6.45) is -2.38. The Balaban J connectivity index is 1.80. The molecule has 9 heteroatoms. The number of aliphatic carboxylic acids is 1. The molecule has 0 saturated heterocycles. The molecule has 0 fully saturated rings. The maximum atomic E-state index is 13.1. The number of alkyl halides is 3. The van der Waals surface area contributed by atoms with E-state index in [2.05, 4.69) is 29.4 Å². The fraction of sp³-hybridized carbons (Fsp3) is 0.444. The summed E-state index contributed by atoms with van der Waals surface area (Å²) in [4.78, 5) is 27.3. The highest BCUT2D eigenvalue weighted by Crippen LogP contribution is 2.36. The van der Waals surface area contributed by atoms with Crippen LogP contribution in [0.3, 0.4) is 0 Å². The SMILES string of the molecule is CCCCOC1=Nc2ccc(C(CCC(F)(F)F)c3c#cc(C(=O)NCCC(=O)O)cc3)cc2CC1. The number of fused-ring (bicyclic) bond motifs is 1. The van der Waals surface area contributed by atoms with Crippen LogP contribution in [0.5, 0.6) is 0 Å². The molecule has 1 aliphatic rings. The molecular weight excluding hydrogens is 473 g/mol. The number of amides is 1. The van der Waals surface area contributed by atoms with Gasteiger partial charge in [0.2, 0.25) is 0 Å². The molecule has 0 saturated carbocycles. The highest BCUT2D eigenvalue weighted by molar-refractivity contribution is 5.93. The van der Waals surface area contributed by atoms with Gasteiger partial charge < -0.3 is 15.2 Å². The average Bonchev–Trinajstić information content (AvgIpc) is 2.83. The van der Waals surface area contributed by atoms with Crippen LogP contribution in [-0.4, -0.2) is 42.2 Å². The summed E-state index contributed by atoms with van der Waals surface area (Å²) in [6.45, 7) is 2.65. The Bertz CT molecular complexity index is 1080. The van der Waals surface area contributed by atoms with Crippen molar-refractivity contribution in [3.63, 3.8) is 0 Å². The van der Waals surface area contributed by atoms with Crippen LogP contribution >= 0.6 is 0 Å². The first-order valence-electron chi connectivity index (χ1n) is 12.0. The van der Waals surface area contributed by atoms with Crippen molar-refractivity contribution in [1.82, 2.24) is 5.32 Å². The lowest BCUT2D eigenvalue weighted by Crippen LogP contribution is -2.25. The summed E-state index contributed by atoms with van der Waals surface area (Å²) in [7, 11) is 0. The van der Waals surface area contributed by atoms with E-state index in [0.717, 1.165) is 24.1 Å². The number of rotatable bonds is 11. The number of hydrogen-bond donors (Lipinski definition) is 2. The van der Waals surface area contributed by atoms with Crippen molar-refractivity contribution in [3.05, 3.63) is 64.7 Å². The number of carbonyl (C=O) groups excluding carboxylic acids is 1. The summed E-state index contributed by atoms with van der Waals surface area (Å²) in [5.41, 5.74) is 3.05. The minimum atomic E-state index is -4.31. The normalized spacial score (nSPS) is 13.7. The van der Waals surface area contributed by atoms with Crippen LogP contribution in [0.15, 0.2) is 35.3 Å². The highest BCUT2D eigenvalue weighted by Gasteiger charge is 2.30. The summed E-state index contributed by atoms with van der Waals surface area (Å²) >= 11 is 0. The Hall–Kier alpha value is -3.54. The molecule has 0 aliphatic carbocycles. The molecule has 0 spiro atoms. The fourth-order valence-electron chi connectivity index (χ4n) is 3.92. The molecule has 1 amide bonds. The molecule has 192 valence electrons. The number of carboxylic acid groups (broad SMARTS) is 1. The second kappa shape index (κ2) is 12.4. The number of hydrogen-bond acceptors (Lipinski definition) is 4. The molecule has 2 aromatic carbocycles. The van der Waals surface area contributed by atoms with E-state index in [9.17, 15) is 22.8 Å². The number of ether oxygens (including phenoxy) is 1. The van der Waals surface area contributed by atoms with Gasteiger partial charge in [0, 0.05) is 30.9 Å². The Morgan fingerprint density at radius 2 is 2.00 bits per heavy atom. The molecule has 0 radical (unpaired) electrons. The molecule has 3 rings (SSSR count). The Kier molecular flexibility index (Phi) is 9.34. The van der Waals surface area contributed by atoms with E-state index in [1.807, 2.05) is 12.1 Å². The third kappa shape index (κ3) is 8.01. The Morgan fingerprint density at radius 1 is 1.19 bits per heavy atom. The van der Waals surface area contributed by atoms with E-state index in [1.165, 1.54) is 6.07 Å². The van der Waals surface area contributed by atoms with Crippen LogP contribution in [-0.2, 0) is 16.0 Å². The van der Waals surface area contributed by atoms with Crippen LogP contribution in [0, 0.1) is 12.1 Å². The van der Waals surface area contributed by atoms with Crippen LogP contribution < -0.4 is 5.32 Å². The van der Waals surface area contributed by atoms with E-state index in [1.54, 1.807) is 12.1 Å². The van der Waals surface area contributed by atoms with Crippen LogP contribution in [0.2, 0.25) is 0 Å². The van der Waals surface area contributed by atoms with Gasteiger partial charge >= 0.3 is 12.1 Å². The third-order valence-electron chi connectivity index (χ3n) is 5.86. The third-order valence-corrected chi connectivity index (χ3v) is 5.86. The zero-order valence-corrected chi connectivity index (χ0v) is 20.1. The minimum Gasteiger partial charge on any atom is -0.481 e. The first kappa shape index (κ1) is 27.1. The zero-order valence-electron chi connectivity index (χ0n) is 20.1. The van der Waals surface area contributed by atoms with Gasteiger partial charge in [0.25, 0.3) is 5.91 Å². The van der Waals surface area contributed by atoms with Crippen molar-refractivity contribution in [2.24, 2.45) is 4.99 Å². The molecule has 1 heterocycles. The smallest absolute Gasteiger partial charge is 0.389 e. The van der Waals surface area contributed by atoms with E-state index in [4.69, 9.17) is 9.84 Å². The molecule has 2 N–H and O–H groups in total. The van der Waals surface area contributed by atoms with Crippen LogP contribution in [0.4, 0.5) is 18.9 Å². The monoisotopic (exact) mass is 502 g/mol. The van der Waals surface area contributed by atoms with Gasteiger partial charge in [0.15, 0.2) is 5.90 Å². The second-order valence-corrected chi connectivity index (χ2v) is 8.65. The topological polar surface area (TPSA) is 88.0 Å². The van der Waals surface area contributed by atoms with Crippen LogP contribution in [0.1, 0.15) is 78.4 Å². The maximum Gasteiger partial charge on any atom is 0.389 e. The Labute approximate surface area is 208 Å². The molecular formula is C27H29F3N2O4. The lowest BCUT2D eigenvalue weighted by molar-refractivity contribution is -0.137. The fourth-order valence-corrected chi connectivity index (χ4v) is 3.92. The van der Waals surface area contributed by atoms with Crippen molar-refractivity contribution in [3.8, 4) is 0 Å². The Morgan fingerprint density at radius 3 is 2.67 bits per heavy atom. The first-order valence-corrected chi connectivity index (χ1v) is 12.0. The lowest BCUT2D eigenvalue weighted by Gasteiger charge is -2.21. The van der Waals surface area contributed by atoms with Crippen molar-refractivity contribution in [2.75, 3.05) is 13.2 Å². The second-order valence-electron chi connectivity index (χ2n) is 8.65. The summed E-state index contributed by atoms with van der Waals surface area (Å²) in [6, 6.07) is 14.1. The molecule has 1 unspecified atom stereocenters. The summed E-state index contributed by atoms with van der Waals surface area (Å²) in [5.74, 6) is -1.47. The number of unbranched alkanes of at least 4 members (excludes halogenated alkanes) is 1. The van der Waals surface area contributed by atoms with E-state index >= 15 is 0 Å². The number of aryl methyl sites for hydroxylation is 1. The summed E-state index contributed by atoms with van der Waals surface area (Å²) in [5, 5.41) is 11.1. The molecule has 0 bridgehead atoms. The average molecular weight is 503 g/mol. The van der Waals surface area contributed by atoms with Gasteiger partial charge in [-0.3, -0.25) is 9.59 Å². The quantitative estimate of drug-likeness (QED) is 0.383. The standard InChI is InChI=1S/C27H29F3N2O4/c1-2-3-16-36-24-11-9-21-17-20(8-10-23(21)32-24)22(12-14-27(28,29)30)18-4-6-19(7-5-18)26(35)31-15-13-25(33)34/h4,6,8,10,17,22H,2-3,9,11-16H2,1H3,(H,31,35)(H,33,34). The molecule has 36 heavy (non-hydrogen) atoms. The predicted molar refractivity (Wildman–Crippen MR) is 129 cm³/mol. The van der Waals surface area contributed by atoms with E-state index in [-0.39, 0.29) is 24.9 Å². The number of halogens is 3.